The van der Waals surface area contributed by atoms with Crippen LogP contribution in [0.5, 0.6) is 0 Å². The third-order valence-electron chi connectivity index (χ3n) is 5.26. The molecule has 3 N–H and O–H groups in total. The number of halogens is 1. The third-order valence-corrected chi connectivity index (χ3v) is 5.26. The Bertz CT molecular complexity index is 971. The highest BCUT2D eigenvalue weighted by Crippen LogP contribution is 2.23. The fourth-order valence-corrected chi connectivity index (χ4v) is 3.68. The first-order valence-electron chi connectivity index (χ1n) is 10.5. The van der Waals surface area contributed by atoms with Crippen molar-refractivity contribution in [1.29, 1.82) is 0 Å². The van der Waals surface area contributed by atoms with Crippen LogP contribution >= 0.6 is 0 Å². The SMILES string of the molecule is O=C(NC[C@@H]1CCCN(C(=O)CCNc2ccccc2[N+](=O)[O-])C1)Nc1cccc(F)c1. The van der Waals surface area contributed by atoms with E-state index in [9.17, 15) is 24.1 Å². The van der Waals surface area contributed by atoms with Crippen molar-refractivity contribution in [2.45, 2.75) is 19.3 Å². The third kappa shape index (κ3) is 6.66. The Morgan fingerprint density at radius 1 is 1.19 bits per heavy atom. The number of nitrogens with zero attached hydrogens (tertiary/aromatic N) is 2. The van der Waals surface area contributed by atoms with Gasteiger partial charge in [0.2, 0.25) is 5.91 Å². The molecule has 1 saturated heterocycles. The zero-order chi connectivity index (χ0) is 22.9. The van der Waals surface area contributed by atoms with E-state index in [1.807, 2.05) is 0 Å². The molecule has 1 fully saturated rings. The summed E-state index contributed by atoms with van der Waals surface area (Å²) in [6.45, 7) is 1.87. The normalized spacial score (nSPS) is 15.7. The number of hydrogen-bond donors (Lipinski definition) is 3. The number of likely N-dealkylation sites (tertiary alicyclic amines) is 1. The summed E-state index contributed by atoms with van der Waals surface area (Å²) in [5.74, 6) is -0.347. The van der Waals surface area contributed by atoms with E-state index in [2.05, 4.69) is 16.0 Å². The van der Waals surface area contributed by atoms with Crippen molar-refractivity contribution in [1.82, 2.24) is 10.2 Å². The van der Waals surface area contributed by atoms with Gasteiger partial charge < -0.3 is 20.9 Å². The van der Waals surface area contributed by atoms with E-state index in [0.717, 1.165) is 12.8 Å². The highest BCUT2D eigenvalue weighted by molar-refractivity contribution is 5.89. The van der Waals surface area contributed by atoms with Crippen LogP contribution in [-0.4, -0.2) is 47.9 Å². The number of hydrogen-bond acceptors (Lipinski definition) is 5. The van der Waals surface area contributed by atoms with Gasteiger partial charge in [0.15, 0.2) is 0 Å². The molecule has 0 saturated carbocycles. The van der Waals surface area contributed by atoms with Crippen LogP contribution in [0.1, 0.15) is 19.3 Å². The van der Waals surface area contributed by atoms with Crippen molar-refractivity contribution in [3.63, 3.8) is 0 Å². The van der Waals surface area contributed by atoms with Gasteiger partial charge in [-0.05, 0) is 43.0 Å². The number of nitro groups is 1. The second-order valence-corrected chi connectivity index (χ2v) is 7.64. The van der Waals surface area contributed by atoms with E-state index in [1.54, 1.807) is 29.2 Å². The number of rotatable bonds is 8. The van der Waals surface area contributed by atoms with Gasteiger partial charge in [-0.25, -0.2) is 9.18 Å². The molecular formula is C22H26FN5O4. The lowest BCUT2D eigenvalue weighted by Crippen LogP contribution is -2.44. The van der Waals surface area contributed by atoms with E-state index in [1.165, 1.54) is 24.3 Å². The molecule has 1 aliphatic rings. The highest BCUT2D eigenvalue weighted by atomic mass is 19.1. The molecule has 0 aliphatic carbocycles. The van der Waals surface area contributed by atoms with Crippen LogP contribution in [0.15, 0.2) is 48.5 Å². The lowest BCUT2D eigenvalue weighted by atomic mass is 9.97. The maximum absolute atomic E-state index is 13.2. The standard InChI is InChI=1S/C22H26FN5O4/c23-17-6-3-7-18(13-17)26-22(30)25-14-16-5-4-12-27(15-16)21(29)10-11-24-19-8-1-2-9-20(19)28(31)32/h1-3,6-9,13,16,24H,4-5,10-12,14-15H2,(H2,25,26,30)/t16-/m0/s1. The van der Waals surface area contributed by atoms with Crippen LogP contribution in [0.4, 0.5) is 26.2 Å². The summed E-state index contributed by atoms with van der Waals surface area (Å²) in [5.41, 5.74) is 0.727. The molecule has 0 spiro atoms. The van der Waals surface area contributed by atoms with Crippen LogP contribution in [0, 0.1) is 21.8 Å². The van der Waals surface area contributed by atoms with E-state index in [-0.39, 0.29) is 23.9 Å². The minimum absolute atomic E-state index is 0.0272. The number of para-hydroxylation sites is 2. The molecule has 170 valence electrons. The number of benzene rings is 2. The maximum Gasteiger partial charge on any atom is 0.319 e. The van der Waals surface area contributed by atoms with E-state index in [4.69, 9.17) is 0 Å². The maximum atomic E-state index is 13.2. The molecule has 0 aromatic heterocycles. The van der Waals surface area contributed by atoms with Crippen molar-refractivity contribution >= 4 is 29.0 Å². The number of carbonyl (C=O) groups excluding carboxylic acids is 2. The molecule has 1 atom stereocenters. The van der Waals surface area contributed by atoms with Crippen molar-refractivity contribution in [2.24, 2.45) is 5.92 Å². The minimum Gasteiger partial charge on any atom is -0.379 e. The van der Waals surface area contributed by atoms with Crippen LogP contribution in [-0.2, 0) is 4.79 Å². The van der Waals surface area contributed by atoms with Gasteiger partial charge in [-0.3, -0.25) is 14.9 Å². The Morgan fingerprint density at radius 2 is 2.00 bits per heavy atom. The zero-order valence-electron chi connectivity index (χ0n) is 17.6. The number of amides is 3. The number of urea groups is 1. The number of nitro benzene ring substituents is 1. The molecule has 2 aromatic carbocycles. The lowest BCUT2D eigenvalue weighted by molar-refractivity contribution is -0.384. The Morgan fingerprint density at radius 3 is 2.78 bits per heavy atom. The molecule has 0 bridgehead atoms. The second kappa shape index (κ2) is 11.1. The molecule has 3 rings (SSSR count). The Kier molecular flexibility index (Phi) is 7.96. The molecule has 3 amide bonds. The van der Waals surface area contributed by atoms with Crippen molar-refractivity contribution in [3.8, 4) is 0 Å². The fraction of sp³-hybridized carbons (Fsp3) is 0.364. The van der Waals surface area contributed by atoms with Gasteiger partial charge in [-0.2, -0.15) is 0 Å². The quantitative estimate of drug-likeness (QED) is 0.426. The smallest absolute Gasteiger partial charge is 0.319 e. The summed E-state index contributed by atoms with van der Waals surface area (Å²) >= 11 is 0. The molecule has 1 aliphatic heterocycles. The summed E-state index contributed by atoms with van der Waals surface area (Å²) in [7, 11) is 0. The first kappa shape index (κ1) is 23.0. The molecule has 10 heteroatoms. The minimum atomic E-state index is -0.461. The Hall–Kier alpha value is -3.69. The summed E-state index contributed by atoms with van der Waals surface area (Å²) in [6, 6.07) is 11.5. The molecular weight excluding hydrogens is 417 g/mol. The van der Waals surface area contributed by atoms with Gasteiger partial charge >= 0.3 is 6.03 Å². The highest BCUT2D eigenvalue weighted by Gasteiger charge is 2.24. The number of piperidine rings is 1. The van der Waals surface area contributed by atoms with Crippen molar-refractivity contribution in [3.05, 3.63) is 64.5 Å². The average molecular weight is 443 g/mol. The topological polar surface area (TPSA) is 117 Å². The monoisotopic (exact) mass is 443 g/mol. The second-order valence-electron chi connectivity index (χ2n) is 7.64. The van der Waals surface area contributed by atoms with Gasteiger partial charge in [0.25, 0.3) is 5.69 Å². The molecule has 0 radical (unpaired) electrons. The Balaban J connectivity index is 1.41. The first-order valence-corrected chi connectivity index (χ1v) is 10.5. The van der Waals surface area contributed by atoms with Crippen LogP contribution < -0.4 is 16.0 Å². The summed E-state index contributed by atoms with van der Waals surface area (Å²) in [4.78, 5) is 37.0. The predicted octanol–water partition coefficient (Wildman–Crippen LogP) is 3.60. The van der Waals surface area contributed by atoms with E-state index < -0.39 is 16.8 Å². The number of nitrogens with one attached hydrogen (secondary N) is 3. The summed E-state index contributed by atoms with van der Waals surface area (Å²) < 4.78 is 13.2. The first-order chi connectivity index (χ1) is 15.4. The Labute approximate surface area is 185 Å². The largest absolute Gasteiger partial charge is 0.379 e. The lowest BCUT2D eigenvalue weighted by Gasteiger charge is -2.33. The molecule has 1 heterocycles. The number of carbonyl (C=O) groups is 2. The predicted molar refractivity (Wildman–Crippen MR) is 119 cm³/mol. The average Bonchev–Trinajstić information content (AvgIpc) is 2.78. The molecule has 9 nitrogen and oxygen atoms in total. The molecule has 2 aromatic rings. The summed E-state index contributed by atoms with van der Waals surface area (Å²) in [5, 5.41) is 19.4. The van der Waals surface area contributed by atoms with Crippen molar-refractivity contribution < 1.29 is 18.9 Å². The molecule has 32 heavy (non-hydrogen) atoms. The number of anilines is 2. The van der Waals surface area contributed by atoms with Crippen LogP contribution in [0.2, 0.25) is 0 Å². The molecule has 0 unspecified atom stereocenters. The van der Waals surface area contributed by atoms with Crippen molar-refractivity contribution in [2.75, 3.05) is 36.8 Å². The fourth-order valence-electron chi connectivity index (χ4n) is 3.68. The van der Waals surface area contributed by atoms with Gasteiger partial charge in [-0.15, -0.1) is 0 Å². The van der Waals surface area contributed by atoms with Gasteiger partial charge in [0.1, 0.15) is 11.5 Å². The van der Waals surface area contributed by atoms with Crippen LogP contribution in [0.25, 0.3) is 0 Å². The summed E-state index contributed by atoms with van der Waals surface area (Å²) in [6.07, 6.45) is 1.94. The van der Waals surface area contributed by atoms with E-state index in [0.29, 0.717) is 37.6 Å². The van der Waals surface area contributed by atoms with Gasteiger partial charge in [0.05, 0.1) is 4.92 Å². The van der Waals surface area contributed by atoms with Gasteiger partial charge in [0, 0.05) is 44.4 Å². The zero-order valence-corrected chi connectivity index (χ0v) is 17.6. The van der Waals surface area contributed by atoms with Gasteiger partial charge in [-0.1, -0.05) is 18.2 Å². The van der Waals surface area contributed by atoms with Crippen LogP contribution in [0.3, 0.4) is 0 Å². The van der Waals surface area contributed by atoms with E-state index >= 15 is 0 Å².